The van der Waals surface area contributed by atoms with Crippen LogP contribution in [-0.4, -0.2) is 62.2 Å². The molecule has 0 radical (unpaired) electrons. The zero-order valence-corrected chi connectivity index (χ0v) is 25.3. The molecule has 1 saturated carbocycles. The molecule has 3 heterocycles. The summed E-state index contributed by atoms with van der Waals surface area (Å²) >= 11 is 4.79. The number of benzene rings is 2. The van der Waals surface area contributed by atoms with Crippen LogP contribution in [0.3, 0.4) is 0 Å². The van der Waals surface area contributed by atoms with Crippen LogP contribution in [0.4, 0.5) is 13.2 Å². The molecular formula is C32H34F3N5O4S. The van der Waals surface area contributed by atoms with E-state index < -0.39 is 17.5 Å². The second-order valence-electron chi connectivity index (χ2n) is 11.1. The van der Waals surface area contributed by atoms with Crippen LogP contribution >= 0.6 is 12.6 Å². The Kier molecular flexibility index (Phi) is 9.98. The van der Waals surface area contributed by atoms with Crippen molar-refractivity contribution in [2.45, 2.75) is 56.0 Å². The van der Waals surface area contributed by atoms with Gasteiger partial charge in [0.1, 0.15) is 11.2 Å². The van der Waals surface area contributed by atoms with Crippen molar-refractivity contribution in [3.8, 4) is 5.69 Å². The summed E-state index contributed by atoms with van der Waals surface area (Å²) in [5.74, 6) is -1.59. The third-order valence-electron chi connectivity index (χ3n) is 8.18. The number of fused-ring (bicyclic) bond motifs is 2. The van der Waals surface area contributed by atoms with Crippen molar-refractivity contribution < 1.29 is 27.9 Å². The van der Waals surface area contributed by atoms with Gasteiger partial charge in [-0.05, 0) is 49.6 Å². The fraction of sp³-hybridized carbons (Fsp3) is 0.375. The van der Waals surface area contributed by atoms with Gasteiger partial charge in [0.15, 0.2) is 0 Å². The molecule has 0 bridgehead atoms. The zero-order chi connectivity index (χ0) is 32.1. The minimum absolute atomic E-state index is 0.00368. The molecule has 9 nitrogen and oxygen atoms in total. The van der Waals surface area contributed by atoms with Gasteiger partial charge in [-0.15, -0.1) is 12.6 Å². The second-order valence-corrected chi connectivity index (χ2v) is 11.5. The molecule has 1 unspecified atom stereocenters. The number of alkyl halides is 3. The first-order chi connectivity index (χ1) is 21.6. The number of nitrogens with zero attached hydrogens (tertiary/aromatic N) is 3. The highest BCUT2D eigenvalue weighted by molar-refractivity contribution is 7.80. The molecule has 45 heavy (non-hydrogen) atoms. The number of carboxylic acid groups (broad SMARTS) is 1. The summed E-state index contributed by atoms with van der Waals surface area (Å²) in [4.78, 5) is 46.0. The molecular weight excluding hydrogens is 607 g/mol. The van der Waals surface area contributed by atoms with Gasteiger partial charge in [-0.2, -0.15) is 13.2 Å². The average molecular weight is 642 g/mol. The molecule has 2 aromatic carbocycles. The Morgan fingerprint density at radius 3 is 2.42 bits per heavy atom. The highest BCUT2D eigenvalue weighted by atomic mass is 32.1. The molecule has 1 aliphatic carbocycles. The van der Waals surface area contributed by atoms with Crippen LogP contribution < -0.4 is 10.9 Å². The molecule has 3 N–H and O–H groups in total. The first-order valence-corrected chi connectivity index (χ1v) is 15.3. The number of thiol groups is 1. The van der Waals surface area contributed by atoms with Crippen LogP contribution in [0.1, 0.15) is 59.6 Å². The van der Waals surface area contributed by atoms with Crippen LogP contribution in [0.5, 0.6) is 0 Å². The van der Waals surface area contributed by atoms with Gasteiger partial charge < -0.3 is 20.3 Å². The van der Waals surface area contributed by atoms with Crippen molar-refractivity contribution in [3.63, 3.8) is 0 Å². The monoisotopic (exact) mass is 641 g/mol. The van der Waals surface area contributed by atoms with E-state index in [-0.39, 0.29) is 11.5 Å². The van der Waals surface area contributed by atoms with Gasteiger partial charge in [0, 0.05) is 48.9 Å². The molecule has 1 atom stereocenters. The van der Waals surface area contributed by atoms with E-state index in [9.17, 15) is 22.8 Å². The Bertz CT molecular complexity index is 1720. The molecule has 0 saturated heterocycles. The topological polar surface area (TPSA) is 120 Å². The minimum atomic E-state index is -5.08. The number of aromatic nitrogens is 3. The van der Waals surface area contributed by atoms with Crippen LogP contribution in [0.2, 0.25) is 0 Å². The lowest BCUT2D eigenvalue weighted by Gasteiger charge is -2.35. The fourth-order valence-electron chi connectivity index (χ4n) is 5.60. The molecule has 1 aliphatic heterocycles. The van der Waals surface area contributed by atoms with Gasteiger partial charge >= 0.3 is 12.1 Å². The minimum Gasteiger partial charge on any atom is -0.475 e. The number of rotatable bonds is 8. The molecule has 2 aromatic heterocycles. The second kappa shape index (κ2) is 13.9. The van der Waals surface area contributed by atoms with Crippen molar-refractivity contribution in [2.75, 3.05) is 19.6 Å². The highest BCUT2D eigenvalue weighted by Crippen LogP contribution is 2.38. The van der Waals surface area contributed by atoms with Gasteiger partial charge in [-0.25, -0.2) is 9.78 Å². The Morgan fingerprint density at radius 1 is 1.07 bits per heavy atom. The zero-order valence-electron chi connectivity index (χ0n) is 24.4. The van der Waals surface area contributed by atoms with Gasteiger partial charge in [-0.1, -0.05) is 42.8 Å². The lowest BCUT2D eigenvalue weighted by atomic mass is 9.84. The van der Waals surface area contributed by atoms with Gasteiger partial charge in [0.25, 0.3) is 5.56 Å². The largest absolute Gasteiger partial charge is 0.490 e. The third kappa shape index (κ3) is 7.25. The first-order valence-electron chi connectivity index (χ1n) is 14.8. The van der Waals surface area contributed by atoms with E-state index in [0.29, 0.717) is 37.4 Å². The Hall–Kier alpha value is -4.10. The summed E-state index contributed by atoms with van der Waals surface area (Å²) in [5.41, 5.74) is 4.46. The molecule has 13 heteroatoms. The maximum absolute atomic E-state index is 13.9. The maximum Gasteiger partial charge on any atom is 0.490 e. The number of amides is 1. The molecule has 238 valence electrons. The lowest BCUT2D eigenvalue weighted by Crippen LogP contribution is -2.44. The summed E-state index contributed by atoms with van der Waals surface area (Å²) in [6.07, 6.45) is 2.08. The number of H-pyrrole nitrogens is 1. The van der Waals surface area contributed by atoms with Gasteiger partial charge in [-0.3, -0.25) is 14.2 Å². The number of aliphatic carboxylic acids is 1. The lowest BCUT2D eigenvalue weighted by molar-refractivity contribution is -0.192. The molecule has 0 spiro atoms. The molecule has 2 aliphatic rings. The Morgan fingerprint density at radius 2 is 1.76 bits per heavy atom. The van der Waals surface area contributed by atoms with Crippen LogP contribution in [0.25, 0.3) is 16.6 Å². The summed E-state index contributed by atoms with van der Waals surface area (Å²) in [6.45, 7) is 1.90. The number of para-hydroxylation sites is 2. The Balaban J connectivity index is 0.000000515. The van der Waals surface area contributed by atoms with Crippen molar-refractivity contribution >= 4 is 35.4 Å². The third-order valence-corrected chi connectivity index (χ3v) is 8.71. The summed E-state index contributed by atoms with van der Waals surface area (Å²) in [6, 6.07) is 18.0. The predicted molar refractivity (Wildman–Crippen MR) is 167 cm³/mol. The van der Waals surface area contributed by atoms with Crippen molar-refractivity contribution in [3.05, 3.63) is 93.8 Å². The molecule has 6 rings (SSSR count). The van der Waals surface area contributed by atoms with E-state index >= 15 is 0 Å². The molecule has 4 aromatic rings. The first kappa shape index (κ1) is 32.3. The van der Waals surface area contributed by atoms with E-state index in [2.05, 4.69) is 34.7 Å². The molecule has 1 amide bonds. The van der Waals surface area contributed by atoms with Crippen LogP contribution in [0.15, 0.2) is 65.6 Å². The molecule has 1 fully saturated rings. The highest BCUT2D eigenvalue weighted by Gasteiger charge is 2.38. The predicted octanol–water partition coefficient (Wildman–Crippen LogP) is 5.15. The van der Waals surface area contributed by atoms with Crippen molar-refractivity contribution in [1.29, 1.82) is 0 Å². The Labute approximate surface area is 262 Å². The normalized spacial score (nSPS) is 16.4. The van der Waals surface area contributed by atoms with E-state index in [1.807, 2.05) is 36.4 Å². The number of carbonyl (C=O) groups is 2. The number of hydrogen-bond acceptors (Lipinski definition) is 6. The smallest absolute Gasteiger partial charge is 0.475 e. The average Bonchev–Trinajstić information content (AvgIpc) is 3.39. The fourth-order valence-corrected chi connectivity index (χ4v) is 6.11. The van der Waals surface area contributed by atoms with Crippen LogP contribution in [-0.2, 0) is 22.4 Å². The number of aromatic amines is 1. The number of nitrogens with one attached hydrogen (secondary N) is 2. The van der Waals surface area contributed by atoms with Crippen LogP contribution in [0, 0.1) is 0 Å². The quantitative estimate of drug-likeness (QED) is 0.156. The number of hydrogen-bond donors (Lipinski definition) is 4. The van der Waals surface area contributed by atoms with Gasteiger partial charge in [0.05, 0.1) is 16.9 Å². The number of carbonyl (C=O) groups excluding carboxylic acids is 1. The van der Waals surface area contributed by atoms with Gasteiger partial charge in [0.2, 0.25) is 5.91 Å². The standard InChI is InChI=1S/C30H33N5O2S.C2HF3O2/c36-26(14-17-31-16-13-21-19-32-24-12-5-4-11-23(21)24)34-18-15-25-27(30(34)38)29(37)35(22-9-2-1-3-10-22)28(33-25)20-7-6-8-20;3-2(4,5)1(6)7/h1-5,9-12,19-20,30-32,38H,6-8,13-18H2;(H,6,7). The summed E-state index contributed by atoms with van der Waals surface area (Å²) < 4.78 is 33.5. The van der Waals surface area contributed by atoms with Crippen molar-refractivity contribution in [1.82, 2.24) is 24.8 Å². The maximum atomic E-state index is 13.9. The van der Waals surface area contributed by atoms with E-state index in [4.69, 9.17) is 27.5 Å². The summed E-state index contributed by atoms with van der Waals surface area (Å²) in [5, 5.41) is 11.2. The van der Waals surface area contributed by atoms with E-state index in [1.165, 1.54) is 17.4 Å². The van der Waals surface area contributed by atoms with E-state index in [1.54, 1.807) is 9.47 Å². The van der Waals surface area contributed by atoms with Crippen molar-refractivity contribution in [2.24, 2.45) is 0 Å². The SMILES string of the molecule is O=C(CCNCCc1c[nH]c2ccccc12)N1CCc2nc(C3CCC3)n(-c3ccccc3)c(=O)c2C1S.O=C(O)C(F)(F)F. The summed E-state index contributed by atoms with van der Waals surface area (Å²) in [7, 11) is 0. The number of carboxylic acids is 1. The van der Waals surface area contributed by atoms with E-state index in [0.717, 1.165) is 48.5 Å². The number of halogens is 3.